The van der Waals surface area contributed by atoms with Gasteiger partial charge in [-0.1, -0.05) is 22.8 Å². The number of hydrogen-bond acceptors (Lipinski definition) is 5. The number of thiophene rings is 1. The summed E-state index contributed by atoms with van der Waals surface area (Å²) in [6, 6.07) is 6.59. The van der Waals surface area contributed by atoms with Crippen LogP contribution >= 0.6 is 22.9 Å². The highest BCUT2D eigenvalue weighted by atomic mass is 35.5. The Morgan fingerprint density at radius 2 is 2.09 bits per heavy atom. The lowest BCUT2D eigenvalue weighted by atomic mass is 10.1. The SMILES string of the molecule is NC(N)=NC(=O)c1ccc(-c2noc(-c3ccsc3)n2)cc1Cl. The van der Waals surface area contributed by atoms with E-state index in [1.807, 2.05) is 16.8 Å². The Labute approximate surface area is 139 Å². The van der Waals surface area contributed by atoms with E-state index in [0.717, 1.165) is 5.56 Å². The lowest BCUT2D eigenvalue weighted by Crippen LogP contribution is -2.24. The van der Waals surface area contributed by atoms with Crippen molar-refractivity contribution >= 4 is 34.8 Å². The number of nitrogens with zero attached hydrogens (tertiary/aromatic N) is 3. The van der Waals surface area contributed by atoms with Crippen molar-refractivity contribution in [3.8, 4) is 22.8 Å². The number of benzene rings is 1. The van der Waals surface area contributed by atoms with Crippen LogP contribution in [-0.4, -0.2) is 22.0 Å². The summed E-state index contributed by atoms with van der Waals surface area (Å²) in [7, 11) is 0. The number of carbonyl (C=O) groups is 1. The molecule has 0 saturated carbocycles. The summed E-state index contributed by atoms with van der Waals surface area (Å²) in [5.74, 6) is -0.158. The van der Waals surface area contributed by atoms with Crippen molar-refractivity contribution in [2.24, 2.45) is 16.5 Å². The van der Waals surface area contributed by atoms with Gasteiger partial charge in [0.25, 0.3) is 11.8 Å². The second-order valence-corrected chi connectivity index (χ2v) is 5.66. The molecule has 0 aliphatic carbocycles. The van der Waals surface area contributed by atoms with Crippen LogP contribution in [0.1, 0.15) is 10.4 Å². The highest BCUT2D eigenvalue weighted by Gasteiger charge is 2.15. The van der Waals surface area contributed by atoms with Crippen molar-refractivity contribution in [3.63, 3.8) is 0 Å². The Morgan fingerprint density at radius 3 is 2.74 bits per heavy atom. The number of hydrogen-bond donors (Lipinski definition) is 2. The van der Waals surface area contributed by atoms with Gasteiger partial charge in [0.2, 0.25) is 5.82 Å². The molecule has 4 N–H and O–H groups in total. The molecule has 0 unspecified atom stereocenters. The fraction of sp³-hybridized carbons (Fsp3) is 0. The minimum absolute atomic E-state index is 0.186. The monoisotopic (exact) mass is 347 g/mol. The predicted molar refractivity (Wildman–Crippen MR) is 88.2 cm³/mol. The lowest BCUT2D eigenvalue weighted by molar-refractivity contribution is 0.100. The Kier molecular flexibility index (Phi) is 4.09. The first-order chi connectivity index (χ1) is 11.0. The molecule has 0 aliphatic rings. The molecule has 0 aliphatic heterocycles. The smallest absolute Gasteiger partial charge is 0.281 e. The summed E-state index contributed by atoms with van der Waals surface area (Å²) < 4.78 is 5.21. The van der Waals surface area contributed by atoms with E-state index >= 15 is 0 Å². The van der Waals surface area contributed by atoms with Crippen LogP contribution in [0.2, 0.25) is 5.02 Å². The molecular formula is C14H10ClN5O2S. The fourth-order valence-corrected chi connectivity index (χ4v) is 2.74. The molecule has 0 bridgehead atoms. The van der Waals surface area contributed by atoms with Crippen molar-refractivity contribution in [1.29, 1.82) is 0 Å². The minimum atomic E-state index is -0.617. The normalized spacial score (nSPS) is 10.5. The van der Waals surface area contributed by atoms with E-state index in [-0.39, 0.29) is 16.5 Å². The Bertz CT molecular complexity index is 884. The second-order valence-electron chi connectivity index (χ2n) is 4.47. The summed E-state index contributed by atoms with van der Waals surface area (Å²) in [5.41, 5.74) is 12.0. The highest BCUT2D eigenvalue weighted by molar-refractivity contribution is 7.08. The number of aromatic nitrogens is 2. The predicted octanol–water partition coefficient (Wildman–Crippen LogP) is 2.53. The maximum absolute atomic E-state index is 11.8. The van der Waals surface area contributed by atoms with Gasteiger partial charge in [-0.3, -0.25) is 4.79 Å². The Balaban J connectivity index is 1.92. The zero-order chi connectivity index (χ0) is 16.4. The van der Waals surface area contributed by atoms with E-state index in [1.165, 1.54) is 17.4 Å². The summed E-state index contributed by atoms with van der Waals surface area (Å²) >= 11 is 7.64. The van der Waals surface area contributed by atoms with E-state index in [1.54, 1.807) is 12.1 Å². The third kappa shape index (κ3) is 3.22. The molecule has 23 heavy (non-hydrogen) atoms. The first-order valence-corrected chi connectivity index (χ1v) is 7.67. The number of halogens is 1. The molecule has 0 saturated heterocycles. The standard InChI is InChI=1S/C14H10ClN5O2S/c15-10-5-7(1-2-9(10)12(21)19-14(16)17)11-18-13(22-20-11)8-3-4-23-6-8/h1-6H,(H4,16,17,19,21). The van der Waals surface area contributed by atoms with E-state index in [2.05, 4.69) is 15.1 Å². The fourth-order valence-electron chi connectivity index (χ4n) is 1.85. The summed E-state index contributed by atoms with van der Waals surface area (Å²) in [5, 5.41) is 7.93. The molecule has 116 valence electrons. The summed E-state index contributed by atoms with van der Waals surface area (Å²) in [6.07, 6.45) is 0. The van der Waals surface area contributed by atoms with E-state index < -0.39 is 5.91 Å². The zero-order valence-electron chi connectivity index (χ0n) is 11.6. The molecule has 0 spiro atoms. The van der Waals surface area contributed by atoms with Gasteiger partial charge >= 0.3 is 0 Å². The third-order valence-corrected chi connectivity index (χ3v) is 3.88. The first-order valence-electron chi connectivity index (χ1n) is 6.35. The van der Waals surface area contributed by atoms with Gasteiger partial charge in [0.15, 0.2) is 5.96 Å². The van der Waals surface area contributed by atoms with Crippen LogP contribution in [0.4, 0.5) is 0 Å². The second kappa shape index (κ2) is 6.19. The van der Waals surface area contributed by atoms with E-state index in [0.29, 0.717) is 17.3 Å². The van der Waals surface area contributed by atoms with Crippen LogP contribution in [0, 0.1) is 0 Å². The van der Waals surface area contributed by atoms with Gasteiger partial charge in [-0.25, -0.2) is 0 Å². The number of carbonyl (C=O) groups excluding carboxylic acids is 1. The molecule has 2 aromatic heterocycles. The average molecular weight is 348 g/mol. The van der Waals surface area contributed by atoms with Gasteiger partial charge in [0, 0.05) is 10.9 Å². The Morgan fingerprint density at radius 1 is 1.26 bits per heavy atom. The molecular weight excluding hydrogens is 338 g/mol. The number of amides is 1. The largest absolute Gasteiger partial charge is 0.370 e. The molecule has 0 atom stereocenters. The van der Waals surface area contributed by atoms with Crippen molar-refractivity contribution in [2.45, 2.75) is 0 Å². The van der Waals surface area contributed by atoms with Crippen molar-refractivity contribution < 1.29 is 9.32 Å². The van der Waals surface area contributed by atoms with Gasteiger partial charge < -0.3 is 16.0 Å². The number of nitrogens with two attached hydrogens (primary N) is 2. The number of guanidine groups is 1. The molecule has 1 amide bonds. The van der Waals surface area contributed by atoms with Crippen LogP contribution in [0.15, 0.2) is 44.5 Å². The topological polar surface area (TPSA) is 120 Å². The molecule has 7 nitrogen and oxygen atoms in total. The Hall–Kier alpha value is -2.71. The quantitative estimate of drug-likeness (QED) is 0.554. The molecule has 0 fully saturated rings. The van der Waals surface area contributed by atoms with Crippen molar-refractivity contribution in [2.75, 3.05) is 0 Å². The maximum Gasteiger partial charge on any atom is 0.281 e. The van der Waals surface area contributed by atoms with Crippen LogP contribution in [0.5, 0.6) is 0 Å². The van der Waals surface area contributed by atoms with Crippen LogP contribution in [-0.2, 0) is 0 Å². The summed E-state index contributed by atoms with van der Waals surface area (Å²) in [4.78, 5) is 19.6. The zero-order valence-corrected chi connectivity index (χ0v) is 13.1. The van der Waals surface area contributed by atoms with E-state index in [9.17, 15) is 4.79 Å². The van der Waals surface area contributed by atoms with Gasteiger partial charge in [-0.2, -0.15) is 21.3 Å². The molecule has 0 radical (unpaired) electrons. The maximum atomic E-state index is 11.8. The minimum Gasteiger partial charge on any atom is -0.370 e. The molecule has 9 heteroatoms. The molecule has 2 heterocycles. The first kappa shape index (κ1) is 15.2. The van der Waals surface area contributed by atoms with Crippen molar-refractivity contribution in [1.82, 2.24) is 10.1 Å². The van der Waals surface area contributed by atoms with Gasteiger partial charge in [-0.15, -0.1) is 0 Å². The molecule has 3 rings (SSSR count). The van der Waals surface area contributed by atoms with Crippen LogP contribution < -0.4 is 11.5 Å². The third-order valence-electron chi connectivity index (χ3n) is 2.88. The lowest BCUT2D eigenvalue weighted by Gasteiger charge is -2.01. The molecule has 1 aromatic carbocycles. The van der Waals surface area contributed by atoms with Crippen LogP contribution in [0.25, 0.3) is 22.8 Å². The van der Waals surface area contributed by atoms with Crippen LogP contribution in [0.3, 0.4) is 0 Å². The van der Waals surface area contributed by atoms with Gasteiger partial charge in [0.1, 0.15) is 0 Å². The van der Waals surface area contributed by atoms with Crippen molar-refractivity contribution in [3.05, 3.63) is 45.6 Å². The average Bonchev–Trinajstić information content (AvgIpc) is 3.17. The number of rotatable bonds is 3. The highest BCUT2D eigenvalue weighted by Crippen LogP contribution is 2.27. The molecule has 3 aromatic rings. The van der Waals surface area contributed by atoms with Gasteiger partial charge in [0.05, 0.1) is 16.1 Å². The van der Waals surface area contributed by atoms with E-state index in [4.69, 9.17) is 27.6 Å². The number of aliphatic imine (C=N–C) groups is 1. The van der Waals surface area contributed by atoms with Gasteiger partial charge in [-0.05, 0) is 23.6 Å². The summed E-state index contributed by atoms with van der Waals surface area (Å²) in [6.45, 7) is 0.